The second-order valence-electron chi connectivity index (χ2n) is 6.33. The van der Waals surface area contributed by atoms with Crippen molar-refractivity contribution in [3.63, 3.8) is 0 Å². The molecule has 0 radical (unpaired) electrons. The molecule has 2 N–H and O–H groups in total. The summed E-state index contributed by atoms with van der Waals surface area (Å²) in [6, 6.07) is 9.21. The van der Waals surface area contributed by atoms with E-state index in [9.17, 15) is 18.8 Å². The van der Waals surface area contributed by atoms with Crippen molar-refractivity contribution in [3.8, 4) is 0 Å². The fraction of sp³-hybridized carbons (Fsp3) is 0.211. The van der Waals surface area contributed by atoms with Crippen molar-refractivity contribution in [2.45, 2.75) is 19.3 Å². The minimum Gasteiger partial charge on any atom is -0.318 e. The fourth-order valence-corrected chi connectivity index (χ4v) is 3.46. The number of nitrogens with zero attached hydrogens (tertiary/aromatic N) is 1. The highest BCUT2D eigenvalue weighted by molar-refractivity contribution is 6.43. The third-order valence-electron chi connectivity index (χ3n) is 4.64. The monoisotopic (exact) mass is 353 g/mol. The molecule has 0 atom stereocenters. The van der Waals surface area contributed by atoms with E-state index in [1.54, 1.807) is 23.1 Å². The van der Waals surface area contributed by atoms with Crippen LogP contribution in [0.2, 0.25) is 0 Å². The number of hydrogen-bond donors (Lipinski definition) is 2. The summed E-state index contributed by atoms with van der Waals surface area (Å²) < 4.78 is 13.6. The van der Waals surface area contributed by atoms with Crippen LogP contribution in [0.1, 0.15) is 17.5 Å². The first-order valence-electron chi connectivity index (χ1n) is 8.36. The molecular weight excluding hydrogens is 337 g/mol. The van der Waals surface area contributed by atoms with Crippen LogP contribution < -0.4 is 15.5 Å². The lowest BCUT2D eigenvalue weighted by Crippen LogP contribution is -2.33. The van der Waals surface area contributed by atoms with Gasteiger partial charge in [-0.1, -0.05) is 12.1 Å². The average molecular weight is 353 g/mol. The zero-order valence-electron chi connectivity index (χ0n) is 13.8. The molecule has 0 spiro atoms. The van der Waals surface area contributed by atoms with Gasteiger partial charge in [0.2, 0.25) is 5.91 Å². The van der Waals surface area contributed by atoms with Crippen LogP contribution >= 0.6 is 0 Å². The molecule has 0 saturated heterocycles. The number of halogens is 1. The highest BCUT2D eigenvalue weighted by Gasteiger charge is 2.31. The number of carbonyl (C=O) groups excluding carboxylic acids is 3. The molecule has 0 bridgehead atoms. The summed E-state index contributed by atoms with van der Waals surface area (Å²) in [5, 5.41) is 4.82. The summed E-state index contributed by atoms with van der Waals surface area (Å²) in [4.78, 5) is 37.9. The Kier molecular flexibility index (Phi) is 3.91. The van der Waals surface area contributed by atoms with E-state index in [1.807, 2.05) is 0 Å². The molecule has 0 aliphatic carbocycles. The third-order valence-corrected chi connectivity index (χ3v) is 4.64. The standard InChI is InChI=1S/C19H16FN3O3/c20-14-3-1-2-4-15(14)22-19(26)18(25)21-13-9-11-5-6-16(24)23-8-7-12(10-13)17(11)23/h1-4,9-10H,5-8H2,(H,21,25)(H,22,26). The first-order chi connectivity index (χ1) is 12.5. The van der Waals surface area contributed by atoms with Crippen molar-refractivity contribution >= 4 is 34.8 Å². The van der Waals surface area contributed by atoms with Gasteiger partial charge in [-0.15, -0.1) is 0 Å². The van der Waals surface area contributed by atoms with E-state index in [4.69, 9.17) is 0 Å². The van der Waals surface area contributed by atoms with E-state index in [-0.39, 0.29) is 11.6 Å². The fourth-order valence-electron chi connectivity index (χ4n) is 3.46. The number of aryl methyl sites for hydroxylation is 1. The van der Waals surface area contributed by atoms with Crippen LogP contribution in [-0.4, -0.2) is 24.3 Å². The molecule has 4 rings (SSSR count). The number of carbonyl (C=O) groups is 3. The van der Waals surface area contributed by atoms with Gasteiger partial charge in [-0.2, -0.15) is 0 Å². The first kappa shape index (κ1) is 16.3. The Hall–Kier alpha value is -3.22. The van der Waals surface area contributed by atoms with Crippen molar-refractivity contribution < 1.29 is 18.8 Å². The second-order valence-corrected chi connectivity index (χ2v) is 6.33. The number of amides is 3. The van der Waals surface area contributed by atoms with E-state index in [2.05, 4.69) is 10.6 Å². The summed E-state index contributed by atoms with van der Waals surface area (Å²) in [6.45, 7) is 0.645. The number of hydrogen-bond acceptors (Lipinski definition) is 3. The van der Waals surface area contributed by atoms with Gasteiger partial charge in [-0.25, -0.2) is 4.39 Å². The van der Waals surface area contributed by atoms with Gasteiger partial charge in [0, 0.05) is 18.7 Å². The molecule has 7 heteroatoms. The van der Waals surface area contributed by atoms with Gasteiger partial charge in [-0.3, -0.25) is 14.4 Å². The minimum absolute atomic E-state index is 0.0501. The van der Waals surface area contributed by atoms with E-state index in [0.29, 0.717) is 25.1 Å². The van der Waals surface area contributed by atoms with Gasteiger partial charge < -0.3 is 15.5 Å². The van der Waals surface area contributed by atoms with Crippen LogP contribution in [0, 0.1) is 5.82 Å². The van der Waals surface area contributed by atoms with E-state index < -0.39 is 17.6 Å². The topological polar surface area (TPSA) is 78.5 Å². The second kappa shape index (κ2) is 6.25. The number of nitrogens with one attached hydrogen (secondary N) is 2. The van der Waals surface area contributed by atoms with Crippen molar-refractivity contribution in [1.29, 1.82) is 0 Å². The number of anilines is 3. The van der Waals surface area contributed by atoms with E-state index in [1.165, 1.54) is 18.2 Å². The van der Waals surface area contributed by atoms with Crippen LogP contribution in [0.15, 0.2) is 36.4 Å². The lowest BCUT2D eigenvalue weighted by molar-refractivity contribution is -0.133. The summed E-state index contributed by atoms with van der Waals surface area (Å²) in [5.41, 5.74) is 3.37. The molecule has 2 aromatic rings. The SMILES string of the molecule is O=C(Nc1cc2c3c(c1)CCN3C(=O)CC2)C(=O)Nc1ccccc1F. The van der Waals surface area contributed by atoms with Crippen molar-refractivity contribution in [2.24, 2.45) is 0 Å². The highest BCUT2D eigenvalue weighted by atomic mass is 19.1. The van der Waals surface area contributed by atoms with Crippen molar-refractivity contribution in [1.82, 2.24) is 0 Å². The molecule has 0 unspecified atom stereocenters. The molecule has 132 valence electrons. The van der Waals surface area contributed by atoms with E-state index >= 15 is 0 Å². The Morgan fingerprint density at radius 3 is 2.42 bits per heavy atom. The highest BCUT2D eigenvalue weighted by Crippen LogP contribution is 2.38. The molecule has 0 aromatic heterocycles. The van der Waals surface area contributed by atoms with Crippen LogP contribution in [-0.2, 0) is 27.2 Å². The lowest BCUT2D eigenvalue weighted by atomic mass is 9.98. The van der Waals surface area contributed by atoms with Gasteiger partial charge in [0.1, 0.15) is 5.82 Å². The minimum atomic E-state index is -0.943. The van der Waals surface area contributed by atoms with Gasteiger partial charge in [0.05, 0.1) is 11.4 Å². The molecule has 2 aromatic carbocycles. The predicted molar refractivity (Wildman–Crippen MR) is 94.5 cm³/mol. The van der Waals surface area contributed by atoms with Crippen LogP contribution in [0.4, 0.5) is 21.5 Å². The molecule has 2 aliphatic rings. The maximum absolute atomic E-state index is 13.6. The van der Waals surface area contributed by atoms with Gasteiger partial charge in [0.15, 0.2) is 0 Å². The Labute approximate surface area is 149 Å². The first-order valence-corrected chi connectivity index (χ1v) is 8.36. The molecule has 3 amide bonds. The van der Waals surface area contributed by atoms with Crippen molar-refractivity contribution in [2.75, 3.05) is 22.1 Å². The maximum atomic E-state index is 13.6. The quantitative estimate of drug-likeness (QED) is 0.813. The normalized spacial score (nSPS) is 14.8. The molecule has 0 saturated carbocycles. The smallest absolute Gasteiger partial charge is 0.314 e. The molecule has 2 aliphatic heterocycles. The molecule has 0 fully saturated rings. The summed E-state index contributed by atoms with van der Waals surface area (Å²) in [5.74, 6) is -2.30. The van der Waals surface area contributed by atoms with Crippen LogP contribution in [0.3, 0.4) is 0 Å². The molecular formula is C19H16FN3O3. The van der Waals surface area contributed by atoms with Crippen molar-refractivity contribution in [3.05, 3.63) is 53.3 Å². The number of rotatable bonds is 2. The number of para-hydroxylation sites is 1. The molecule has 2 heterocycles. The lowest BCUT2D eigenvalue weighted by Gasteiger charge is -2.25. The predicted octanol–water partition coefficient (Wildman–Crippen LogP) is 2.24. The van der Waals surface area contributed by atoms with Gasteiger partial charge in [-0.05, 0) is 48.2 Å². The van der Waals surface area contributed by atoms with Gasteiger partial charge >= 0.3 is 11.8 Å². The van der Waals surface area contributed by atoms with Crippen LogP contribution in [0.5, 0.6) is 0 Å². The van der Waals surface area contributed by atoms with Gasteiger partial charge in [0.25, 0.3) is 0 Å². The van der Waals surface area contributed by atoms with Crippen LogP contribution in [0.25, 0.3) is 0 Å². The summed E-state index contributed by atoms with van der Waals surface area (Å²) >= 11 is 0. The summed E-state index contributed by atoms with van der Waals surface area (Å²) in [7, 11) is 0. The molecule has 6 nitrogen and oxygen atoms in total. The zero-order chi connectivity index (χ0) is 18.3. The Balaban J connectivity index is 1.51. The average Bonchev–Trinajstić information content (AvgIpc) is 3.05. The third kappa shape index (κ3) is 2.81. The maximum Gasteiger partial charge on any atom is 0.314 e. The number of benzene rings is 2. The Morgan fingerprint density at radius 2 is 1.65 bits per heavy atom. The zero-order valence-corrected chi connectivity index (χ0v) is 13.8. The molecule has 26 heavy (non-hydrogen) atoms. The Morgan fingerprint density at radius 1 is 0.962 bits per heavy atom. The van der Waals surface area contributed by atoms with E-state index in [0.717, 1.165) is 23.2 Å². The largest absolute Gasteiger partial charge is 0.318 e. The Bertz CT molecular complexity index is 942. The summed E-state index contributed by atoms with van der Waals surface area (Å²) in [6.07, 6.45) is 1.78.